The van der Waals surface area contributed by atoms with Crippen LogP contribution in [0.5, 0.6) is 11.5 Å². The summed E-state index contributed by atoms with van der Waals surface area (Å²) < 4.78 is 22.0. The molecule has 0 aromatic heterocycles. The smallest absolute Gasteiger partial charge is 0.122 e. The fraction of sp³-hybridized carbons (Fsp3) is 0.440. The number of rotatable bonds is 8. The lowest BCUT2D eigenvalue weighted by Crippen LogP contribution is -2.06. The van der Waals surface area contributed by atoms with Gasteiger partial charge in [0.2, 0.25) is 0 Å². The third-order valence-corrected chi connectivity index (χ3v) is 5.97. The van der Waals surface area contributed by atoms with Crippen LogP contribution < -0.4 is 9.47 Å². The average molecular weight is 392 g/mol. The fourth-order valence-corrected chi connectivity index (χ4v) is 3.95. The SMILES string of the molecule is Cc1cc(C2=CCC(c3ccc(OCC4CO4)cc3)CC2)ccc1OCC1CO1. The van der Waals surface area contributed by atoms with Gasteiger partial charge in [-0.1, -0.05) is 24.3 Å². The van der Waals surface area contributed by atoms with E-state index in [2.05, 4.69) is 55.5 Å². The maximum atomic E-state index is 5.86. The number of allylic oxidation sites excluding steroid dienone is 2. The zero-order valence-electron chi connectivity index (χ0n) is 16.9. The lowest BCUT2D eigenvalue weighted by atomic mass is 9.82. The highest BCUT2D eigenvalue weighted by Gasteiger charge is 2.24. The van der Waals surface area contributed by atoms with Crippen LogP contribution >= 0.6 is 0 Å². The summed E-state index contributed by atoms with van der Waals surface area (Å²) in [7, 11) is 0. The molecule has 2 fully saturated rings. The van der Waals surface area contributed by atoms with Crippen molar-refractivity contribution < 1.29 is 18.9 Å². The first-order valence-electron chi connectivity index (χ1n) is 10.6. The predicted octanol–water partition coefficient (Wildman–Crippen LogP) is 4.90. The van der Waals surface area contributed by atoms with Crippen molar-refractivity contribution >= 4 is 5.57 Å². The number of aryl methyl sites for hydroxylation is 1. The van der Waals surface area contributed by atoms with E-state index in [1.807, 2.05) is 0 Å². The number of benzene rings is 2. The van der Waals surface area contributed by atoms with E-state index in [9.17, 15) is 0 Å². The van der Waals surface area contributed by atoms with Crippen LogP contribution in [0.2, 0.25) is 0 Å². The molecule has 4 heteroatoms. The summed E-state index contributed by atoms with van der Waals surface area (Å²) in [6.07, 6.45) is 6.38. The Morgan fingerprint density at radius 2 is 1.66 bits per heavy atom. The third kappa shape index (κ3) is 4.82. The molecular formula is C25H28O4. The molecule has 0 saturated carbocycles. The lowest BCUT2D eigenvalue weighted by Gasteiger charge is -2.23. The molecule has 152 valence electrons. The van der Waals surface area contributed by atoms with Crippen LogP contribution in [0, 0.1) is 6.92 Å². The van der Waals surface area contributed by atoms with Crippen molar-refractivity contribution in [3.8, 4) is 11.5 Å². The molecule has 0 spiro atoms. The van der Waals surface area contributed by atoms with Gasteiger partial charge in [0.25, 0.3) is 0 Å². The van der Waals surface area contributed by atoms with E-state index in [1.165, 1.54) is 28.7 Å². The maximum absolute atomic E-state index is 5.86. The second-order valence-electron chi connectivity index (χ2n) is 8.28. The van der Waals surface area contributed by atoms with Gasteiger partial charge in [-0.3, -0.25) is 0 Å². The number of hydrogen-bond donors (Lipinski definition) is 0. The van der Waals surface area contributed by atoms with E-state index < -0.39 is 0 Å². The molecular weight excluding hydrogens is 364 g/mol. The van der Waals surface area contributed by atoms with Gasteiger partial charge in [-0.2, -0.15) is 0 Å². The first kappa shape index (κ1) is 18.7. The van der Waals surface area contributed by atoms with Crippen LogP contribution in [0.1, 0.15) is 41.9 Å². The maximum Gasteiger partial charge on any atom is 0.122 e. The summed E-state index contributed by atoms with van der Waals surface area (Å²) in [5, 5.41) is 0. The van der Waals surface area contributed by atoms with Crippen molar-refractivity contribution in [1.29, 1.82) is 0 Å². The van der Waals surface area contributed by atoms with Gasteiger partial charge >= 0.3 is 0 Å². The zero-order valence-corrected chi connectivity index (χ0v) is 16.9. The number of epoxide rings is 2. The van der Waals surface area contributed by atoms with E-state index in [4.69, 9.17) is 18.9 Å². The molecule has 2 aromatic carbocycles. The minimum Gasteiger partial charge on any atom is -0.491 e. The molecule has 29 heavy (non-hydrogen) atoms. The quantitative estimate of drug-likeness (QED) is 0.599. The molecule has 2 heterocycles. The molecule has 0 N–H and O–H groups in total. The fourth-order valence-electron chi connectivity index (χ4n) is 3.95. The van der Waals surface area contributed by atoms with Gasteiger partial charge in [-0.25, -0.2) is 0 Å². The highest BCUT2D eigenvalue weighted by Crippen LogP contribution is 2.37. The summed E-state index contributed by atoms with van der Waals surface area (Å²) in [6, 6.07) is 15.2. The Balaban J connectivity index is 1.19. The molecule has 2 aliphatic heterocycles. The highest BCUT2D eigenvalue weighted by molar-refractivity contribution is 5.68. The van der Waals surface area contributed by atoms with Crippen molar-refractivity contribution in [3.05, 3.63) is 65.2 Å². The van der Waals surface area contributed by atoms with E-state index in [0.29, 0.717) is 31.3 Å². The molecule has 3 aliphatic rings. The lowest BCUT2D eigenvalue weighted by molar-refractivity contribution is 0.262. The minimum atomic E-state index is 0.292. The molecule has 0 bridgehead atoms. The summed E-state index contributed by atoms with van der Waals surface area (Å²) in [4.78, 5) is 0. The first-order chi connectivity index (χ1) is 14.2. The van der Waals surface area contributed by atoms with E-state index in [-0.39, 0.29) is 0 Å². The van der Waals surface area contributed by atoms with E-state index in [1.54, 1.807) is 0 Å². The molecule has 0 amide bonds. The Kier molecular flexibility index (Phi) is 5.30. The summed E-state index contributed by atoms with van der Waals surface area (Å²) in [6.45, 7) is 5.10. The van der Waals surface area contributed by atoms with Crippen molar-refractivity contribution in [1.82, 2.24) is 0 Å². The Bertz CT molecular complexity index is 878. The zero-order chi connectivity index (χ0) is 19.6. The first-order valence-corrected chi connectivity index (χ1v) is 10.6. The van der Waals surface area contributed by atoms with Crippen LogP contribution in [0.3, 0.4) is 0 Å². The topological polar surface area (TPSA) is 43.5 Å². The molecule has 1 aliphatic carbocycles. The van der Waals surface area contributed by atoms with Crippen LogP contribution in [0.4, 0.5) is 0 Å². The summed E-state index contributed by atoms with van der Waals surface area (Å²) >= 11 is 0. The Morgan fingerprint density at radius 3 is 2.28 bits per heavy atom. The van der Waals surface area contributed by atoms with Crippen molar-refractivity contribution in [3.63, 3.8) is 0 Å². The molecule has 3 unspecified atom stereocenters. The minimum absolute atomic E-state index is 0.292. The normalized spacial score (nSPS) is 25.3. The third-order valence-electron chi connectivity index (χ3n) is 5.97. The van der Waals surface area contributed by atoms with Gasteiger partial charge in [0.05, 0.1) is 13.2 Å². The molecule has 2 saturated heterocycles. The second-order valence-corrected chi connectivity index (χ2v) is 8.28. The molecule has 5 rings (SSSR count). The van der Waals surface area contributed by atoms with Crippen molar-refractivity contribution in [2.24, 2.45) is 0 Å². The largest absolute Gasteiger partial charge is 0.491 e. The van der Waals surface area contributed by atoms with Gasteiger partial charge in [0.15, 0.2) is 0 Å². The Hall–Kier alpha value is -2.30. The van der Waals surface area contributed by atoms with Gasteiger partial charge in [-0.05, 0) is 78.6 Å². The average Bonchev–Trinajstić information content (AvgIpc) is 3.67. The van der Waals surface area contributed by atoms with Crippen molar-refractivity contribution in [2.45, 2.75) is 44.3 Å². The summed E-state index contributed by atoms with van der Waals surface area (Å²) in [5.74, 6) is 2.48. The second kappa shape index (κ2) is 8.21. The van der Waals surface area contributed by atoms with Crippen LogP contribution in [-0.4, -0.2) is 38.6 Å². The number of hydrogen-bond acceptors (Lipinski definition) is 4. The molecule has 3 atom stereocenters. The summed E-state index contributed by atoms with van der Waals surface area (Å²) in [5.41, 5.74) is 5.36. The van der Waals surface area contributed by atoms with Crippen molar-refractivity contribution in [2.75, 3.05) is 26.4 Å². The number of ether oxygens (including phenoxy) is 4. The molecule has 2 aromatic rings. The molecule has 4 nitrogen and oxygen atoms in total. The van der Waals surface area contributed by atoms with Gasteiger partial charge < -0.3 is 18.9 Å². The van der Waals surface area contributed by atoms with Gasteiger partial charge in [0, 0.05) is 0 Å². The standard InChI is InChI=1S/C25H28O4/c1-17-12-21(8-11-25(17)29-16-24-15-28-24)20-4-2-18(3-5-20)19-6-9-22(10-7-19)26-13-23-14-27-23/h4,6-12,18,23-24H,2-3,5,13-16H2,1H3. The Morgan fingerprint density at radius 1 is 0.931 bits per heavy atom. The Labute approximate surface area is 172 Å². The van der Waals surface area contributed by atoms with Gasteiger partial charge in [-0.15, -0.1) is 0 Å². The van der Waals surface area contributed by atoms with Crippen LogP contribution in [-0.2, 0) is 9.47 Å². The van der Waals surface area contributed by atoms with E-state index in [0.717, 1.165) is 37.6 Å². The highest BCUT2D eigenvalue weighted by atomic mass is 16.6. The molecule has 0 radical (unpaired) electrons. The monoisotopic (exact) mass is 392 g/mol. The van der Waals surface area contributed by atoms with Crippen LogP contribution in [0.25, 0.3) is 5.57 Å². The van der Waals surface area contributed by atoms with E-state index >= 15 is 0 Å². The van der Waals surface area contributed by atoms with Gasteiger partial charge in [0.1, 0.15) is 36.9 Å². The predicted molar refractivity (Wildman–Crippen MR) is 113 cm³/mol. The van der Waals surface area contributed by atoms with Crippen LogP contribution in [0.15, 0.2) is 48.5 Å².